The van der Waals surface area contributed by atoms with E-state index >= 15 is 0 Å². The molecule has 15 heavy (non-hydrogen) atoms. The molecule has 0 bridgehead atoms. The van der Waals surface area contributed by atoms with Gasteiger partial charge in [-0.1, -0.05) is 12.1 Å². The van der Waals surface area contributed by atoms with Gasteiger partial charge in [0.05, 0.1) is 11.8 Å². The van der Waals surface area contributed by atoms with Gasteiger partial charge in [-0.05, 0) is 12.1 Å². The summed E-state index contributed by atoms with van der Waals surface area (Å²) in [5.41, 5.74) is 1.25. The molecule has 0 radical (unpaired) electrons. The predicted molar refractivity (Wildman–Crippen MR) is 55.3 cm³/mol. The number of hydrogen-bond acceptors (Lipinski definition) is 3. The van der Waals surface area contributed by atoms with Crippen LogP contribution in [0.25, 0.3) is 11.5 Å². The molecule has 76 valence electrons. The molecule has 1 N–H and O–H groups in total. The Balaban J connectivity index is 2.52. The van der Waals surface area contributed by atoms with Crippen molar-refractivity contribution in [2.45, 2.75) is 0 Å². The zero-order valence-electron chi connectivity index (χ0n) is 8.23. The van der Waals surface area contributed by atoms with Crippen LogP contribution in [-0.4, -0.2) is 17.9 Å². The fraction of sp³-hybridized carbons (Fsp3) is 0.0909. The molecule has 0 aliphatic carbocycles. The number of aromatic nitrogens is 1. The zero-order valence-corrected chi connectivity index (χ0v) is 8.23. The van der Waals surface area contributed by atoms with Crippen molar-refractivity contribution in [3.8, 4) is 11.5 Å². The third kappa shape index (κ3) is 1.74. The van der Waals surface area contributed by atoms with Gasteiger partial charge in [0.2, 0.25) is 5.89 Å². The molecule has 1 amide bonds. The van der Waals surface area contributed by atoms with Gasteiger partial charge in [-0.3, -0.25) is 4.79 Å². The van der Waals surface area contributed by atoms with Crippen LogP contribution in [-0.2, 0) is 0 Å². The van der Waals surface area contributed by atoms with Gasteiger partial charge in [0.15, 0.2) is 0 Å². The van der Waals surface area contributed by atoms with Crippen molar-refractivity contribution in [3.05, 3.63) is 42.3 Å². The Morgan fingerprint density at radius 3 is 2.87 bits per heavy atom. The predicted octanol–water partition coefficient (Wildman–Crippen LogP) is 1.70. The normalized spacial score (nSPS) is 9.93. The van der Waals surface area contributed by atoms with E-state index in [0.29, 0.717) is 17.0 Å². The molecule has 4 nitrogen and oxygen atoms in total. The number of benzene rings is 1. The Kier molecular flexibility index (Phi) is 2.49. The molecule has 2 aromatic rings. The fourth-order valence-electron chi connectivity index (χ4n) is 1.36. The number of carbonyl (C=O) groups excluding carboxylic acids is 1. The van der Waals surface area contributed by atoms with Crippen molar-refractivity contribution < 1.29 is 9.21 Å². The van der Waals surface area contributed by atoms with E-state index in [1.54, 1.807) is 31.4 Å². The standard InChI is InChI=1S/C11H10N2O2/c1-12-10(14)8-4-2-3-5-9(8)11-13-6-7-15-11/h2-7H,1H3,(H,12,14). The van der Waals surface area contributed by atoms with Gasteiger partial charge in [0.1, 0.15) is 6.26 Å². The second kappa shape index (κ2) is 3.96. The minimum Gasteiger partial charge on any atom is -0.445 e. The maximum atomic E-state index is 11.5. The summed E-state index contributed by atoms with van der Waals surface area (Å²) in [7, 11) is 1.59. The lowest BCUT2D eigenvalue weighted by atomic mass is 10.1. The highest BCUT2D eigenvalue weighted by molar-refractivity contribution is 5.99. The topological polar surface area (TPSA) is 55.1 Å². The van der Waals surface area contributed by atoms with E-state index in [1.165, 1.54) is 6.26 Å². The summed E-state index contributed by atoms with van der Waals surface area (Å²) in [6, 6.07) is 7.18. The summed E-state index contributed by atoms with van der Waals surface area (Å²) in [6.45, 7) is 0. The number of oxazole rings is 1. The molecule has 0 atom stereocenters. The summed E-state index contributed by atoms with van der Waals surface area (Å²) >= 11 is 0. The number of nitrogens with one attached hydrogen (secondary N) is 1. The van der Waals surface area contributed by atoms with Crippen molar-refractivity contribution in [1.29, 1.82) is 0 Å². The second-order valence-corrected chi connectivity index (χ2v) is 2.96. The summed E-state index contributed by atoms with van der Waals surface area (Å²) in [4.78, 5) is 15.6. The highest BCUT2D eigenvalue weighted by atomic mass is 16.3. The average Bonchev–Trinajstić information content (AvgIpc) is 2.81. The van der Waals surface area contributed by atoms with Crippen LogP contribution < -0.4 is 5.32 Å². The summed E-state index contributed by atoms with van der Waals surface area (Å²) in [6.07, 6.45) is 3.03. The molecule has 2 rings (SSSR count). The van der Waals surface area contributed by atoms with E-state index in [-0.39, 0.29) is 5.91 Å². The summed E-state index contributed by atoms with van der Waals surface area (Å²) < 4.78 is 5.16. The highest BCUT2D eigenvalue weighted by Crippen LogP contribution is 2.21. The average molecular weight is 202 g/mol. The van der Waals surface area contributed by atoms with E-state index in [0.717, 1.165) is 0 Å². The van der Waals surface area contributed by atoms with Crippen molar-refractivity contribution in [1.82, 2.24) is 10.3 Å². The Morgan fingerprint density at radius 2 is 2.20 bits per heavy atom. The first-order valence-electron chi connectivity index (χ1n) is 4.54. The second-order valence-electron chi connectivity index (χ2n) is 2.96. The Bertz CT molecular complexity index is 463. The summed E-state index contributed by atoms with van der Waals surface area (Å²) in [5, 5.41) is 2.58. The van der Waals surface area contributed by atoms with Gasteiger partial charge in [-0.25, -0.2) is 4.98 Å². The third-order valence-corrected chi connectivity index (χ3v) is 2.06. The molecule has 1 heterocycles. The van der Waals surface area contributed by atoms with Gasteiger partial charge in [-0.15, -0.1) is 0 Å². The van der Waals surface area contributed by atoms with Crippen LogP contribution in [0.1, 0.15) is 10.4 Å². The van der Waals surface area contributed by atoms with Gasteiger partial charge in [-0.2, -0.15) is 0 Å². The first-order valence-corrected chi connectivity index (χ1v) is 4.54. The number of amides is 1. The molecular weight excluding hydrogens is 192 g/mol. The molecule has 4 heteroatoms. The lowest BCUT2D eigenvalue weighted by Gasteiger charge is -2.04. The number of carbonyl (C=O) groups is 1. The highest BCUT2D eigenvalue weighted by Gasteiger charge is 2.13. The van der Waals surface area contributed by atoms with Crippen LogP contribution in [0.2, 0.25) is 0 Å². The smallest absolute Gasteiger partial charge is 0.251 e. The molecule has 0 saturated carbocycles. The van der Waals surface area contributed by atoms with Crippen molar-refractivity contribution in [2.75, 3.05) is 7.05 Å². The van der Waals surface area contributed by atoms with Gasteiger partial charge in [0, 0.05) is 12.6 Å². The van der Waals surface area contributed by atoms with E-state index in [2.05, 4.69) is 10.3 Å². The van der Waals surface area contributed by atoms with Gasteiger partial charge < -0.3 is 9.73 Å². The largest absolute Gasteiger partial charge is 0.445 e. The van der Waals surface area contributed by atoms with Crippen LogP contribution in [0.3, 0.4) is 0 Å². The van der Waals surface area contributed by atoms with Gasteiger partial charge >= 0.3 is 0 Å². The van der Waals surface area contributed by atoms with E-state index in [4.69, 9.17) is 4.42 Å². The van der Waals surface area contributed by atoms with E-state index < -0.39 is 0 Å². The molecule has 0 fully saturated rings. The monoisotopic (exact) mass is 202 g/mol. The quantitative estimate of drug-likeness (QED) is 0.806. The molecule has 0 aliphatic rings. The molecule has 0 saturated heterocycles. The first-order chi connectivity index (χ1) is 7.33. The fourth-order valence-corrected chi connectivity index (χ4v) is 1.36. The molecule has 0 spiro atoms. The first kappa shape index (κ1) is 9.45. The molecular formula is C11H10N2O2. The maximum Gasteiger partial charge on any atom is 0.251 e. The number of rotatable bonds is 2. The molecule has 0 aliphatic heterocycles. The van der Waals surface area contributed by atoms with Crippen molar-refractivity contribution in [2.24, 2.45) is 0 Å². The van der Waals surface area contributed by atoms with Crippen molar-refractivity contribution >= 4 is 5.91 Å². The third-order valence-electron chi connectivity index (χ3n) is 2.06. The zero-order chi connectivity index (χ0) is 10.7. The number of nitrogens with zero attached hydrogens (tertiary/aromatic N) is 1. The van der Waals surface area contributed by atoms with E-state index in [1.807, 2.05) is 6.07 Å². The molecule has 1 aromatic carbocycles. The van der Waals surface area contributed by atoms with Gasteiger partial charge in [0.25, 0.3) is 5.91 Å². The Morgan fingerprint density at radius 1 is 1.40 bits per heavy atom. The Hall–Kier alpha value is -2.10. The minimum atomic E-state index is -0.149. The van der Waals surface area contributed by atoms with Crippen LogP contribution >= 0.6 is 0 Å². The SMILES string of the molecule is CNC(=O)c1ccccc1-c1ncco1. The van der Waals surface area contributed by atoms with E-state index in [9.17, 15) is 4.79 Å². The lowest BCUT2D eigenvalue weighted by Crippen LogP contribution is -2.18. The molecule has 0 unspecified atom stereocenters. The van der Waals surface area contributed by atoms with Crippen molar-refractivity contribution in [3.63, 3.8) is 0 Å². The van der Waals surface area contributed by atoms with Crippen LogP contribution in [0, 0.1) is 0 Å². The number of hydrogen-bond donors (Lipinski definition) is 1. The minimum absolute atomic E-state index is 0.149. The van der Waals surface area contributed by atoms with Crippen LogP contribution in [0.15, 0.2) is 41.1 Å². The Labute approximate surface area is 86.9 Å². The lowest BCUT2D eigenvalue weighted by molar-refractivity contribution is 0.0963. The maximum absolute atomic E-state index is 11.5. The molecule has 1 aromatic heterocycles. The van der Waals surface area contributed by atoms with Crippen LogP contribution in [0.4, 0.5) is 0 Å². The summed E-state index contributed by atoms with van der Waals surface area (Å²) in [5.74, 6) is 0.304. The van der Waals surface area contributed by atoms with Crippen LogP contribution in [0.5, 0.6) is 0 Å².